The molecule has 1 N–H and O–H groups in total. The van der Waals surface area contributed by atoms with Crippen molar-refractivity contribution in [3.8, 4) is 11.8 Å². The van der Waals surface area contributed by atoms with Gasteiger partial charge in [-0.15, -0.1) is 11.3 Å². The molecule has 1 aromatic carbocycles. The number of allylic oxidation sites excluding steroid dienone is 1. The number of fused-ring (bicyclic) bond motifs is 1. The van der Waals surface area contributed by atoms with Gasteiger partial charge in [0.15, 0.2) is 0 Å². The number of nitrogens with zero attached hydrogens (tertiary/aromatic N) is 2. The van der Waals surface area contributed by atoms with Crippen molar-refractivity contribution < 1.29 is 9.84 Å². The van der Waals surface area contributed by atoms with Crippen LogP contribution in [0.4, 0.5) is 0 Å². The van der Waals surface area contributed by atoms with E-state index in [4.69, 9.17) is 4.74 Å². The summed E-state index contributed by atoms with van der Waals surface area (Å²) in [4.78, 5) is 4.44. The van der Waals surface area contributed by atoms with Gasteiger partial charge >= 0.3 is 0 Å². The number of aryl methyl sites for hydroxylation is 2. The van der Waals surface area contributed by atoms with E-state index in [1.807, 2.05) is 37.4 Å². The van der Waals surface area contributed by atoms with Crippen LogP contribution >= 0.6 is 11.3 Å². The lowest BCUT2D eigenvalue weighted by molar-refractivity contribution is 0.305. The smallest absolute Gasteiger partial charge is 0.122 e. The molecular weight excluding hydrogens is 332 g/mol. The highest BCUT2D eigenvalue weighted by Crippen LogP contribution is 2.34. The second-order valence-electron chi connectivity index (χ2n) is 5.95. The molecule has 3 rings (SSSR count). The average Bonchev–Trinajstić information content (AvgIpc) is 2.95. The normalized spacial score (nSPS) is 10.6. The van der Waals surface area contributed by atoms with Gasteiger partial charge in [0.2, 0.25) is 0 Å². The summed E-state index contributed by atoms with van der Waals surface area (Å²) >= 11 is 1.53. The van der Waals surface area contributed by atoms with Crippen LogP contribution in [0.15, 0.2) is 42.0 Å². The first-order valence-corrected chi connectivity index (χ1v) is 8.72. The first kappa shape index (κ1) is 17.0. The minimum Gasteiger partial charge on any atom is -0.513 e. The molecule has 0 unspecified atom stereocenters. The number of thiophene rings is 1. The lowest BCUT2D eigenvalue weighted by atomic mass is 10.0. The van der Waals surface area contributed by atoms with Crippen molar-refractivity contribution in [1.82, 2.24) is 4.98 Å². The molecule has 0 aliphatic heterocycles. The first-order valence-electron chi connectivity index (χ1n) is 7.85. The minimum absolute atomic E-state index is 0.0891. The number of aliphatic hydroxyl groups is 1. The van der Waals surface area contributed by atoms with Crippen LogP contribution in [0.1, 0.15) is 28.1 Å². The zero-order chi connectivity index (χ0) is 18.0. The van der Waals surface area contributed by atoms with Crippen molar-refractivity contribution in [3.05, 3.63) is 70.1 Å². The van der Waals surface area contributed by atoms with Gasteiger partial charge in [0.25, 0.3) is 0 Å². The topological polar surface area (TPSA) is 66.1 Å². The van der Waals surface area contributed by atoms with Gasteiger partial charge in [-0.3, -0.25) is 4.98 Å². The molecule has 0 saturated heterocycles. The van der Waals surface area contributed by atoms with E-state index >= 15 is 0 Å². The van der Waals surface area contributed by atoms with E-state index in [1.54, 1.807) is 6.07 Å². The molecule has 0 amide bonds. The van der Waals surface area contributed by atoms with Crippen molar-refractivity contribution >= 4 is 21.4 Å². The minimum atomic E-state index is 0.0891. The number of benzene rings is 1. The molecule has 0 bridgehead atoms. The Morgan fingerprint density at radius 2 is 2.12 bits per heavy atom. The van der Waals surface area contributed by atoms with Crippen molar-refractivity contribution in [1.29, 1.82) is 5.26 Å². The van der Waals surface area contributed by atoms with Gasteiger partial charge in [-0.2, -0.15) is 5.26 Å². The summed E-state index contributed by atoms with van der Waals surface area (Å²) in [5.74, 6) is 0.742. The molecule has 5 heteroatoms. The van der Waals surface area contributed by atoms with E-state index in [9.17, 15) is 10.4 Å². The maximum Gasteiger partial charge on any atom is 0.122 e. The van der Waals surface area contributed by atoms with Crippen LogP contribution in [0.5, 0.6) is 5.75 Å². The lowest BCUT2D eigenvalue weighted by Gasteiger charge is -2.10. The fourth-order valence-electron chi connectivity index (χ4n) is 2.76. The van der Waals surface area contributed by atoms with Gasteiger partial charge in [0, 0.05) is 33.5 Å². The molecule has 0 saturated carbocycles. The maximum absolute atomic E-state index is 9.50. The van der Waals surface area contributed by atoms with Crippen molar-refractivity contribution in [3.63, 3.8) is 0 Å². The largest absolute Gasteiger partial charge is 0.513 e. The van der Waals surface area contributed by atoms with Crippen molar-refractivity contribution in [2.45, 2.75) is 26.9 Å². The second-order valence-corrected chi connectivity index (χ2v) is 6.86. The molecule has 0 atom stereocenters. The molecule has 126 valence electrons. The molecule has 2 heterocycles. The number of aliphatic hydroxyl groups excluding tert-OH is 1. The highest BCUT2D eigenvalue weighted by atomic mass is 32.1. The second kappa shape index (κ2) is 6.96. The van der Waals surface area contributed by atoms with Gasteiger partial charge in [-0.1, -0.05) is 12.6 Å². The van der Waals surface area contributed by atoms with Gasteiger partial charge in [-0.05, 0) is 43.0 Å². The van der Waals surface area contributed by atoms with Crippen LogP contribution in [0, 0.1) is 25.2 Å². The molecule has 4 nitrogen and oxygen atoms in total. The van der Waals surface area contributed by atoms with E-state index < -0.39 is 0 Å². The Morgan fingerprint density at radius 1 is 1.32 bits per heavy atom. The number of ether oxygens (including phenoxy) is 1. The Labute approximate surface area is 150 Å². The molecule has 3 aromatic rings. The van der Waals surface area contributed by atoms with Gasteiger partial charge < -0.3 is 9.84 Å². The maximum atomic E-state index is 9.50. The summed E-state index contributed by atoms with van der Waals surface area (Å²) in [7, 11) is 0. The first-order chi connectivity index (χ1) is 12.0. The van der Waals surface area contributed by atoms with Crippen LogP contribution in [0.3, 0.4) is 0 Å². The molecule has 0 fully saturated rings. The Morgan fingerprint density at radius 3 is 2.80 bits per heavy atom. The molecule has 0 aliphatic rings. The summed E-state index contributed by atoms with van der Waals surface area (Å²) < 4.78 is 6.86. The number of hydrogen-bond donors (Lipinski definition) is 1. The fourth-order valence-corrected chi connectivity index (χ4v) is 3.77. The highest BCUT2D eigenvalue weighted by molar-refractivity contribution is 7.17. The zero-order valence-electron chi connectivity index (χ0n) is 14.2. The highest BCUT2D eigenvalue weighted by Gasteiger charge is 2.13. The number of aromatic nitrogens is 1. The summed E-state index contributed by atoms with van der Waals surface area (Å²) in [6, 6.07) is 9.88. The quantitative estimate of drug-likeness (QED) is 0.659. The summed E-state index contributed by atoms with van der Waals surface area (Å²) in [6.07, 6.45) is 0.350. The van der Waals surface area contributed by atoms with Gasteiger partial charge in [-0.25, -0.2) is 0 Å². The Hall–Kier alpha value is -2.84. The standard InChI is InChI=1S/C20H18N2O2S/c1-12-4-5-15(14(3)22-12)10-24-18-7-16(9-21)20-17(6-13(2)23)11-25-19(20)8-18/h4-5,7-8,11,23H,2,6,10H2,1,3H3. The number of pyridine rings is 1. The zero-order valence-corrected chi connectivity index (χ0v) is 15.0. The Balaban J connectivity index is 1.90. The van der Waals surface area contributed by atoms with E-state index in [0.29, 0.717) is 24.3 Å². The Kier molecular flexibility index (Phi) is 4.73. The Bertz CT molecular complexity index is 999. The number of rotatable bonds is 5. The third-order valence-electron chi connectivity index (χ3n) is 3.97. The third kappa shape index (κ3) is 3.65. The predicted octanol–water partition coefficient (Wildman–Crippen LogP) is 4.98. The van der Waals surface area contributed by atoms with E-state index in [-0.39, 0.29) is 5.76 Å². The van der Waals surface area contributed by atoms with Crippen LogP contribution in [0.2, 0.25) is 0 Å². The van der Waals surface area contributed by atoms with E-state index in [0.717, 1.165) is 32.6 Å². The van der Waals surface area contributed by atoms with Gasteiger partial charge in [0.1, 0.15) is 12.4 Å². The van der Waals surface area contributed by atoms with Crippen LogP contribution in [-0.4, -0.2) is 10.1 Å². The van der Waals surface area contributed by atoms with Crippen molar-refractivity contribution in [2.24, 2.45) is 0 Å². The summed E-state index contributed by atoms with van der Waals surface area (Å²) in [5.41, 5.74) is 4.40. The number of nitriles is 1. The fraction of sp³-hybridized carbons (Fsp3) is 0.200. The summed E-state index contributed by atoms with van der Waals surface area (Å²) in [5, 5.41) is 21.8. The molecule has 0 radical (unpaired) electrons. The molecule has 2 aromatic heterocycles. The lowest BCUT2D eigenvalue weighted by Crippen LogP contribution is -2.00. The van der Waals surface area contributed by atoms with Crippen LogP contribution in [0.25, 0.3) is 10.1 Å². The van der Waals surface area contributed by atoms with E-state index in [2.05, 4.69) is 17.6 Å². The SMILES string of the molecule is C=C(O)Cc1csc2cc(OCc3ccc(C)nc3C)cc(C#N)c12. The van der Waals surface area contributed by atoms with Crippen LogP contribution in [-0.2, 0) is 13.0 Å². The molecule has 0 spiro atoms. The van der Waals surface area contributed by atoms with Crippen molar-refractivity contribution in [2.75, 3.05) is 0 Å². The molecule has 25 heavy (non-hydrogen) atoms. The average molecular weight is 350 g/mol. The monoisotopic (exact) mass is 350 g/mol. The van der Waals surface area contributed by atoms with Gasteiger partial charge in [0.05, 0.1) is 17.4 Å². The molecule has 0 aliphatic carbocycles. The summed E-state index contributed by atoms with van der Waals surface area (Å²) in [6.45, 7) is 7.86. The van der Waals surface area contributed by atoms with Crippen LogP contribution < -0.4 is 4.74 Å². The number of hydrogen-bond acceptors (Lipinski definition) is 5. The van der Waals surface area contributed by atoms with E-state index in [1.165, 1.54) is 11.3 Å². The predicted molar refractivity (Wildman–Crippen MR) is 100 cm³/mol. The third-order valence-corrected chi connectivity index (χ3v) is 4.95. The molecular formula is C20H18N2O2S.